The molecule has 0 nitrogen and oxygen atoms in total. The third kappa shape index (κ3) is 1.93. The molecule has 2 atom stereocenters. The normalized spacial score (nSPS) is 45.1. The molecule has 0 aromatic rings. The van der Waals surface area contributed by atoms with Crippen molar-refractivity contribution in [2.45, 2.75) is 36.5 Å². The molecule has 1 aliphatic rings. The fraction of sp³-hybridized carbons (Fsp3) is 1.00. The minimum atomic E-state index is 1.03. The van der Waals surface area contributed by atoms with Crippen molar-refractivity contribution in [2.24, 2.45) is 11.8 Å². The summed E-state index contributed by atoms with van der Waals surface area (Å²) in [5.74, 6) is 2.13. The van der Waals surface area contributed by atoms with Crippen molar-refractivity contribution in [3.05, 3.63) is 0 Å². The number of hydrogen-bond acceptors (Lipinski definition) is 0. The van der Waals surface area contributed by atoms with Gasteiger partial charge in [0, 0.05) is 0 Å². The summed E-state index contributed by atoms with van der Waals surface area (Å²) in [6.07, 6.45) is 4.52. The molecule has 0 aromatic carbocycles. The zero-order valence-corrected chi connectivity index (χ0v) is 12.1. The molecular weight excluding hydrogens is 297 g/mol. The van der Waals surface area contributed by atoms with Gasteiger partial charge in [-0.3, -0.25) is 0 Å². The van der Waals surface area contributed by atoms with Crippen molar-refractivity contribution >= 4 is 0 Å². The van der Waals surface area contributed by atoms with Crippen LogP contribution in [0.4, 0.5) is 0 Å². The van der Waals surface area contributed by atoms with Crippen LogP contribution in [0.1, 0.15) is 33.1 Å². The second kappa shape index (κ2) is 3.36. The number of rotatable bonds is 0. The van der Waals surface area contributed by atoms with E-state index in [4.69, 9.17) is 0 Å². The second-order valence-electron chi connectivity index (χ2n) is 3.55. The van der Waals surface area contributed by atoms with E-state index in [0.29, 0.717) is 0 Å². The first-order valence-corrected chi connectivity index (χ1v) is 7.22. The molecule has 0 aromatic heterocycles. The van der Waals surface area contributed by atoms with Crippen LogP contribution in [-0.4, -0.2) is 0 Å². The predicted molar refractivity (Wildman–Crippen MR) is 35.9 cm³/mol. The van der Waals surface area contributed by atoms with Crippen LogP contribution >= 0.6 is 0 Å². The van der Waals surface area contributed by atoms with E-state index in [1.807, 2.05) is 0 Å². The van der Waals surface area contributed by atoms with E-state index >= 15 is 0 Å². The molecule has 0 saturated heterocycles. The van der Waals surface area contributed by atoms with Gasteiger partial charge in [0.05, 0.1) is 0 Å². The Labute approximate surface area is 74.4 Å². The van der Waals surface area contributed by atoms with Crippen LogP contribution < -0.4 is 0 Å². The van der Waals surface area contributed by atoms with Crippen LogP contribution in [0.2, 0.25) is 3.43 Å². The first-order chi connectivity index (χ1) is 4.22. The van der Waals surface area contributed by atoms with Crippen LogP contribution in [0.25, 0.3) is 0 Å². The van der Waals surface area contributed by atoms with Gasteiger partial charge in [0.15, 0.2) is 0 Å². The summed E-state index contributed by atoms with van der Waals surface area (Å²) in [6, 6.07) is 0. The zero-order chi connectivity index (χ0) is 6.85. The Bertz CT molecular complexity index is 80.6. The third-order valence-electron chi connectivity index (χ3n) is 2.78. The molecule has 0 bridgehead atoms. The van der Waals surface area contributed by atoms with Gasteiger partial charge in [-0.1, -0.05) is 0 Å². The van der Waals surface area contributed by atoms with Gasteiger partial charge in [0.1, 0.15) is 0 Å². The summed E-state index contributed by atoms with van der Waals surface area (Å²) in [5, 5.41) is 0. The summed E-state index contributed by atoms with van der Waals surface area (Å²) in [6.45, 7) is 4.88. The molecule has 0 spiro atoms. The average molecular weight is 312 g/mol. The fourth-order valence-electron chi connectivity index (χ4n) is 1.75. The molecule has 1 rings (SSSR count). The van der Waals surface area contributed by atoms with E-state index in [2.05, 4.69) is 13.8 Å². The van der Waals surface area contributed by atoms with Gasteiger partial charge in [-0.25, -0.2) is 0 Å². The molecule has 49 valence electrons. The van der Waals surface area contributed by atoms with Gasteiger partial charge >= 0.3 is 74.5 Å². The first-order valence-electron chi connectivity index (χ1n) is 4.05. The van der Waals surface area contributed by atoms with Crippen molar-refractivity contribution < 1.29 is 26.1 Å². The van der Waals surface area contributed by atoms with Crippen molar-refractivity contribution in [1.29, 1.82) is 0 Å². The van der Waals surface area contributed by atoms with Gasteiger partial charge in [0.2, 0.25) is 0 Å². The molecule has 2 unspecified atom stereocenters. The molecule has 0 N–H and O–H groups in total. The van der Waals surface area contributed by atoms with Gasteiger partial charge in [-0.05, 0) is 0 Å². The van der Waals surface area contributed by atoms with Crippen molar-refractivity contribution in [3.63, 3.8) is 0 Å². The summed E-state index contributed by atoms with van der Waals surface area (Å²) in [7, 11) is 0. The predicted octanol–water partition coefficient (Wildman–Crippen LogP) is 2.78. The van der Waals surface area contributed by atoms with Crippen LogP contribution in [0.15, 0.2) is 0 Å². The molecule has 0 amide bonds. The van der Waals surface area contributed by atoms with Crippen molar-refractivity contribution in [1.82, 2.24) is 0 Å². The molecule has 0 radical (unpaired) electrons. The molecule has 0 heterocycles. The maximum absolute atomic E-state index is 2.44. The molecule has 1 saturated carbocycles. The Hall–Kier alpha value is 0.935. The van der Waals surface area contributed by atoms with Crippen LogP contribution in [-0.2, 0) is 26.1 Å². The molecule has 9 heavy (non-hydrogen) atoms. The maximum atomic E-state index is 2.44. The Morgan fingerprint density at radius 3 is 1.89 bits per heavy atom. The third-order valence-corrected chi connectivity index (χ3v) is 9.04. The van der Waals surface area contributed by atoms with E-state index in [-0.39, 0.29) is 0 Å². The Morgan fingerprint density at radius 2 is 1.56 bits per heavy atom. The van der Waals surface area contributed by atoms with Gasteiger partial charge in [0.25, 0.3) is 0 Å². The summed E-state index contributed by atoms with van der Waals surface area (Å²) in [4.78, 5) is 0. The van der Waals surface area contributed by atoms with E-state index in [9.17, 15) is 0 Å². The number of hydrogen-bond donors (Lipinski definition) is 0. The summed E-state index contributed by atoms with van der Waals surface area (Å²) < 4.78 is 1.17. The second-order valence-corrected chi connectivity index (χ2v) is 7.21. The summed E-state index contributed by atoms with van der Waals surface area (Å²) >= 11 is 1.03. The Kier molecular flexibility index (Phi) is 3.00. The monoisotopic (exact) mass is 313 g/mol. The molecule has 0 aliphatic heterocycles. The molecule has 1 aliphatic carbocycles. The van der Waals surface area contributed by atoms with Crippen molar-refractivity contribution in [2.75, 3.05) is 0 Å². The van der Waals surface area contributed by atoms with E-state index in [1.54, 1.807) is 0 Å². The zero-order valence-electron chi connectivity index (χ0n) is 6.56. The van der Waals surface area contributed by atoms with E-state index in [0.717, 1.165) is 38.0 Å². The molecule has 1 fully saturated rings. The minimum absolute atomic E-state index is 1.03. The topological polar surface area (TPSA) is 0 Å². The van der Waals surface area contributed by atoms with Crippen LogP contribution in [0.5, 0.6) is 0 Å². The van der Waals surface area contributed by atoms with Crippen LogP contribution in [0, 0.1) is 11.8 Å². The molecule has 1 heteroatoms. The summed E-state index contributed by atoms with van der Waals surface area (Å²) in [5.41, 5.74) is 0. The van der Waals surface area contributed by atoms with Gasteiger partial charge < -0.3 is 0 Å². The molecular formula is C8H15Hg. The van der Waals surface area contributed by atoms with Crippen molar-refractivity contribution in [3.8, 4) is 0 Å². The Morgan fingerprint density at radius 1 is 1.11 bits per heavy atom. The first kappa shape index (κ1) is 8.04. The van der Waals surface area contributed by atoms with E-state index < -0.39 is 0 Å². The Balaban J connectivity index is 2.41. The van der Waals surface area contributed by atoms with Gasteiger partial charge in [-0.15, -0.1) is 0 Å². The average Bonchev–Trinajstić information content (AvgIpc) is 1.83. The van der Waals surface area contributed by atoms with E-state index in [1.165, 1.54) is 22.7 Å². The van der Waals surface area contributed by atoms with Crippen LogP contribution in [0.3, 0.4) is 0 Å². The fourth-order valence-corrected chi connectivity index (χ4v) is 3.58. The quantitative estimate of drug-likeness (QED) is 0.604. The standard InChI is InChI=1S/C8H15.Hg/c1-7-4-3-5-8(2)6-7;/h6-8H,3-5H2,1-2H3;. The van der Waals surface area contributed by atoms with Gasteiger partial charge in [-0.2, -0.15) is 0 Å². The SMILES string of the molecule is CC1CCCC(C)[CH]1[Hg].